The molecule has 1 atom stereocenters. The summed E-state index contributed by atoms with van der Waals surface area (Å²) in [5, 5.41) is 0. The van der Waals surface area contributed by atoms with E-state index in [1.165, 1.54) is 0 Å². The van der Waals surface area contributed by atoms with E-state index in [1.807, 2.05) is 23.1 Å². The van der Waals surface area contributed by atoms with Crippen LogP contribution in [0.2, 0.25) is 0 Å². The number of rotatable bonds is 4. The van der Waals surface area contributed by atoms with Gasteiger partial charge < -0.3 is 9.80 Å². The highest BCUT2D eigenvalue weighted by atomic mass is 16.2. The summed E-state index contributed by atoms with van der Waals surface area (Å²) < 4.78 is 0. The molecule has 5 heteroatoms. The molecule has 0 radical (unpaired) electrons. The van der Waals surface area contributed by atoms with Gasteiger partial charge in [-0.15, -0.1) is 6.58 Å². The Morgan fingerprint density at radius 3 is 2.86 bits per heavy atom. The zero-order valence-electron chi connectivity index (χ0n) is 11.9. The number of carbonyl (C=O) groups is 2. The van der Waals surface area contributed by atoms with Crippen LogP contribution < -0.4 is 0 Å². The van der Waals surface area contributed by atoms with Crippen LogP contribution in [0.5, 0.6) is 0 Å². The van der Waals surface area contributed by atoms with Crippen LogP contribution in [0.15, 0.2) is 37.1 Å². The SMILES string of the molecule is C=CCN1CC(C(=O)N2CC(c3ccccn3)C2)CC1=O. The van der Waals surface area contributed by atoms with Crippen LogP contribution >= 0.6 is 0 Å². The predicted octanol–water partition coefficient (Wildman–Crippen LogP) is 1.04. The molecule has 1 aromatic heterocycles. The number of hydrogen-bond acceptors (Lipinski definition) is 3. The van der Waals surface area contributed by atoms with Gasteiger partial charge in [-0.05, 0) is 12.1 Å². The van der Waals surface area contributed by atoms with Crippen LogP contribution in [0.25, 0.3) is 0 Å². The molecule has 110 valence electrons. The maximum Gasteiger partial charge on any atom is 0.228 e. The molecule has 3 heterocycles. The van der Waals surface area contributed by atoms with Crippen molar-refractivity contribution in [3.05, 3.63) is 42.7 Å². The second-order valence-corrected chi connectivity index (χ2v) is 5.68. The number of nitrogens with zero attached hydrogens (tertiary/aromatic N) is 3. The summed E-state index contributed by atoms with van der Waals surface area (Å²) in [6, 6.07) is 5.86. The molecule has 2 aliphatic heterocycles. The molecule has 2 aliphatic rings. The average Bonchev–Trinajstić information content (AvgIpc) is 2.80. The summed E-state index contributed by atoms with van der Waals surface area (Å²) in [6.07, 6.45) is 3.81. The summed E-state index contributed by atoms with van der Waals surface area (Å²) in [4.78, 5) is 32.1. The quantitative estimate of drug-likeness (QED) is 0.777. The number of likely N-dealkylation sites (tertiary alicyclic amines) is 2. The lowest BCUT2D eigenvalue weighted by atomic mass is 9.93. The standard InChI is InChI=1S/C16H19N3O2/c1-2-7-18-9-12(8-15(18)20)16(21)19-10-13(11-19)14-5-3-4-6-17-14/h2-6,12-13H,1,7-11H2. The van der Waals surface area contributed by atoms with Gasteiger partial charge in [0.15, 0.2) is 0 Å². The van der Waals surface area contributed by atoms with E-state index in [1.54, 1.807) is 17.2 Å². The molecule has 2 amide bonds. The second-order valence-electron chi connectivity index (χ2n) is 5.68. The zero-order chi connectivity index (χ0) is 14.8. The van der Waals surface area contributed by atoms with E-state index in [0.29, 0.717) is 38.5 Å². The second kappa shape index (κ2) is 5.68. The maximum atomic E-state index is 12.4. The third-order valence-electron chi connectivity index (χ3n) is 4.21. The smallest absolute Gasteiger partial charge is 0.228 e. The Balaban J connectivity index is 1.54. The van der Waals surface area contributed by atoms with Gasteiger partial charge in [-0.2, -0.15) is 0 Å². The molecule has 0 N–H and O–H groups in total. The molecule has 2 saturated heterocycles. The third-order valence-corrected chi connectivity index (χ3v) is 4.21. The van der Waals surface area contributed by atoms with E-state index in [2.05, 4.69) is 11.6 Å². The Morgan fingerprint density at radius 1 is 1.38 bits per heavy atom. The minimum Gasteiger partial charge on any atom is -0.341 e. The van der Waals surface area contributed by atoms with Crippen molar-refractivity contribution in [3.8, 4) is 0 Å². The molecular formula is C16H19N3O2. The number of carbonyl (C=O) groups excluding carboxylic acids is 2. The molecule has 0 saturated carbocycles. The number of amides is 2. The van der Waals surface area contributed by atoms with E-state index >= 15 is 0 Å². The molecule has 1 unspecified atom stereocenters. The van der Waals surface area contributed by atoms with Crippen LogP contribution in [0.3, 0.4) is 0 Å². The summed E-state index contributed by atoms with van der Waals surface area (Å²) in [5.41, 5.74) is 1.04. The average molecular weight is 285 g/mol. The van der Waals surface area contributed by atoms with Gasteiger partial charge in [0.05, 0.1) is 5.92 Å². The Bertz CT molecular complexity index is 552. The largest absolute Gasteiger partial charge is 0.341 e. The van der Waals surface area contributed by atoms with Gasteiger partial charge in [0.25, 0.3) is 0 Å². The fourth-order valence-electron chi connectivity index (χ4n) is 2.99. The summed E-state index contributed by atoms with van der Waals surface area (Å²) in [7, 11) is 0. The van der Waals surface area contributed by atoms with E-state index in [4.69, 9.17) is 0 Å². The number of pyridine rings is 1. The minimum absolute atomic E-state index is 0.0510. The molecule has 21 heavy (non-hydrogen) atoms. The van der Waals surface area contributed by atoms with Crippen LogP contribution in [0.4, 0.5) is 0 Å². The first-order valence-electron chi connectivity index (χ1n) is 7.27. The fraction of sp³-hybridized carbons (Fsp3) is 0.438. The van der Waals surface area contributed by atoms with Crippen molar-refractivity contribution in [1.29, 1.82) is 0 Å². The van der Waals surface area contributed by atoms with Crippen molar-refractivity contribution in [2.24, 2.45) is 5.92 Å². The van der Waals surface area contributed by atoms with Gasteiger partial charge in [0.2, 0.25) is 11.8 Å². The molecule has 5 nitrogen and oxygen atoms in total. The zero-order valence-corrected chi connectivity index (χ0v) is 11.9. The highest BCUT2D eigenvalue weighted by molar-refractivity contribution is 5.89. The van der Waals surface area contributed by atoms with Gasteiger partial charge in [-0.3, -0.25) is 14.6 Å². The first-order chi connectivity index (χ1) is 10.2. The van der Waals surface area contributed by atoms with E-state index in [-0.39, 0.29) is 17.7 Å². The molecule has 0 aliphatic carbocycles. The maximum absolute atomic E-state index is 12.4. The fourth-order valence-corrected chi connectivity index (χ4v) is 2.99. The van der Waals surface area contributed by atoms with E-state index in [9.17, 15) is 9.59 Å². The lowest BCUT2D eigenvalue weighted by molar-refractivity contribution is -0.140. The number of hydrogen-bond donors (Lipinski definition) is 0. The Hall–Kier alpha value is -2.17. The van der Waals surface area contributed by atoms with Crippen LogP contribution in [0, 0.1) is 5.92 Å². The van der Waals surface area contributed by atoms with Gasteiger partial charge in [0, 0.05) is 50.4 Å². The first-order valence-corrected chi connectivity index (χ1v) is 7.27. The van der Waals surface area contributed by atoms with Gasteiger partial charge in [0.1, 0.15) is 0 Å². The van der Waals surface area contributed by atoms with Crippen molar-refractivity contribution >= 4 is 11.8 Å². The number of aromatic nitrogens is 1. The molecule has 2 fully saturated rings. The lowest BCUT2D eigenvalue weighted by Gasteiger charge is -2.40. The summed E-state index contributed by atoms with van der Waals surface area (Å²) in [6.45, 7) is 6.11. The van der Waals surface area contributed by atoms with Gasteiger partial charge in [-0.1, -0.05) is 12.1 Å². The normalized spacial score (nSPS) is 22.3. The van der Waals surface area contributed by atoms with Gasteiger partial charge in [-0.25, -0.2) is 0 Å². The van der Waals surface area contributed by atoms with Crippen molar-refractivity contribution in [3.63, 3.8) is 0 Å². The van der Waals surface area contributed by atoms with Gasteiger partial charge >= 0.3 is 0 Å². The third kappa shape index (κ3) is 2.68. The van der Waals surface area contributed by atoms with Crippen LogP contribution in [-0.2, 0) is 9.59 Å². The van der Waals surface area contributed by atoms with Crippen molar-refractivity contribution in [2.75, 3.05) is 26.2 Å². The van der Waals surface area contributed by atoms with Crippen molar-refractivity contribution in [2.45, 2.75) is 12.3 Å². The van der Waals surface area contributed by atoms with Crippen molar-refractivity contribution in [1.82, 2.24) is 14.8 Å². The molecule has 1 aromatic rings. The van der Waals surface area contributed by atoms with E-state index < -0.39 is 0 Å². The predicted molar refractivity (Wildman–Crippen MR) is 78.4 cm³/mol. The molecule has 0 bridgehead atoms. The van der Waals surface area contributed by atoms with Crippen molar-refractivity contribution < 1.29 is 9.59 Å². The molecule has 0 aromatic carbocycles. The Kier molecular flexibility index (Phi) is 3.73. The highest BCUT2D eigenvalue weighted by Crippen LogP contribution is 2.29. The molecule has 0 spiro atoms. The monoisotopic (exact) mass is 285 g/mol. The summed E-state index contributed by atoms with van der Waals surface area (Å²) >= 11 is 0. The highest BCUT2D eigenvalue weighted by Gasteiger charge is 2.40. The topological polar surface area (TPSA) is 53.5 Å². The van der Waals surface area contributed by atoms with Crippen LogP contribution in [0.1, 0.15) is 18.0 Å². The summed E-state index contributed by atoms with van der Waals surface area (Å²) in [5.74, 6) is 0.288. The molecular weight excluding hydrogens is 266 g/mol. The first kappa shape index (κ1) is 13.8. The van der Waals surface area contributed by atoms with E-state index in [0.717, 1.165) is 5.69 Å². The lowest BCUT2D eigenvalue weighted by Crippen LogP contribution is -2.51. The Labute approximate surface area is 124 Å². The Morgan fingerprint density at radius 2 is 2.19 bits per heavy atom. The van der Waals surface area contributed by atoms with Crippen LogP contribution in [-0.4, -0.2) is 52.8 Å². The molecule has 3 rings (SSSR count). The minimum atomic E-state index is -0.192.